The van der Waals surface area contributed by atoms with E-state index >= 15 is 0 Å². The topological polar surface area (TPSA) is 29.1 Å². The summed E-state index contributed by atoms with van der Waals surface area (Å²) >= 11 is 0. The van der Waals surface area contributed by atoms with E-state index in [-0.39, 0.29) is 5.78 Å². The van der Waals surface area contributed by atoms with Gasteiger partial charge >= 0.3 is 0 Å². The van der Waals surface area contributed by atoms with Gasteiger partial charge in [-0.05, 0) is 44.3 Å². The molecular formula is C24H31NO. The van der Waals surface area contributed by atoms with E-state index in [1.54, 1.807) is 0 Å². The number of ketones is 1. The van der Waals surface area contributed by atoms with Gasteiger partial charge in [0, 0.05) is 11.1 Å². The molecule has 0 unspecified atom stereocenters. The van der Waals surface area contributed by atoms with E-state index in [0.717, 1.165) is 37.1 Å². The minimum atomic E-state index is 0.0962. The van der Waals surface area contributed by atoms with Gasteiger partial charge < -0.3 is 5.32 Å². The highest BCUT2D eigenvalue weighted by Gasteiger charge is 2.07. The molecule has 2 nitrogen and oxygen atoms in total. The Morgan fingerprint density at radius 1 is 0.808 bits per heavy atom. The van der Waals surface area contributed by atoms with E-state index in [9.17, 15) is 4.79 Å². The fourth-order valence-corrected chi connectivity index (χ4v) is 3.02. The van der Waals surface area contributed by atoms with E-state index in [1.165, 1.54) is 37.7 Å². The molecule has 2 aromatic carbocycles. The Morgan fingerprint density at radius 2 is 1.46 bits per heavy atom. The first-order chi connectivity index (χ1) is 12.8. The third-order valence-corrected chi connectivity index (χ3v) is 4.60. The molecule has 0 bridgehead atoms. The predicted molar refractivity (Wildman–Crippen MR) is 111 cm³/mol. The Balaban J connectivity index is 1.61. The van der Waals surface area contributed by atoms with E-state index < -0.39 is 0 Å². The smallest absolute Gasteiger partial charge is 0.193 e. The van der Waals surface area contributed by atoms with Crippen molar-refractivity contribution in [3.8, 4) is 0 Å². The third kappa shape index (κ3) is 7.37. The molecule has 0 atom stereocenters. The molecule has 0 saturated carbocycles. The van der Waals surface area contributed by atoms with Gasteiger partial charge in [0.05, 0.1) is 0 Å². The van der Waals surface area contributed by atoms with Gasteiger partial charge in [-0.1, -0.05) is 79.9 Å². The number of nitrogens with one attached hydrogen (secondary N) is 1. The second kappa shape index (κ2) is 12.2. The highest BCUT2D eigenvalue weighted by molar-refractivity contribution is 6.08. The second-order valence-electron chi connectivity index (χ2n) is 6.74. The van der Waals surface area contributed by atoms with Crippen molar-refractivity contribution in [3.63, 3.8) is 0 Å². The van der Waals surface area contributed by atoms with Crippen LogP contribution in [0.25, 0.3) is 0 Å². The monoisotopic (exact) mass is 349 g/mol. The zero-order valence-electron chi connectivity index (χ0n) is 15.8. The van der Waals surface area contributed by atoms with Crippen LogP contribution in [0.15, 0.2) is 67.3 Å². The zero-order valence-corrected chi connectivity index (χ0v) is 15.8. The fourth-order valence-electron chi connectivity index (χ4n) is 3.02. The highest BCUT2D eigenvalue weighted by Crippen LogP contribution is 2.13. The van der Waals surface area contributed by atoms with Gasteiger partial charge in [-0.25, -0.2) is 0 Å². The van der Waals surface area contributed by atoms with Crippen LogP contribution in [0.4, 0.5) is 0 Å². The Bertz CT molecular complexity index is 646. The lowest BCUT2D eigenvalue weighted by Gasteiger charge is -2.05. The Kier molecular flexibility index (Phi) is 9.45. The number of rotatable bonds is 13. The Hall–Kier alpha value is -2.19. The first-order valence-electron chi connectivity index (χ1n) is 9.81. The lowest BCUT2D eigenvalue weighted by Crippen LogP contribution is -2.15. The molecule has 0 heterocycles. The van der Waals surface area contributed by atoms with E-state index in [1.807, 2.05) is 48.5 Å². The van der Waals surface area contributed by atoms with Crippen molar-refractivity contribution < 1.29 is 4.79 Å². The molecule has 1 N–H and O–H groups in total. The minimum absolute atomic E-state index is 0.0962. The first kappa shape index (κ1) is 20.1. The summed E-state index contributed by atoms with van der Waals surface area (Å²) in [5, 5.41) is 3.43. The molecule has 138 valence electrons. The first-order valence-corrected chi connectivity index (χ1v) is 9.81. The number of aryl methyl sites for hydroxylation is 1. The van der Waals surface area contributed by atoms with Crippen LogP contribution in [0.5, 0.6) is 0 Å². The van der Waals surface area contributed by atoms with Gasteiger partial charge in [-0.3, -0.25) is 4.79 Å². The fraction of sp³-hybridized carbons (Fsp3) is 0.375. The minimum Gasteiger partial charge on any atom is -0.316 e. The largest absolute Gasteiger partial charge is 0.316 e. The molecular weight excluding hydrogens is 318 g/mol. The maximum atomic E-state index is 12.4. The van der Waals surface area contributed by atoms with Gasteiger partial charge in [0.1, 0.15) is 0 Å². The standard InChI is InChI=1S/C24H31NO/c1-2-3-19-25-20-11-6-4-5-8-12-21-15-17-23(18-16-21)24(26)22-13-9-7-10-14-22/h2,7,9-10,13-18,25H,1,3-6,8,11-12,19-20H2. The Labute approximate surface area is 158 Å². The van der Waals surface area contributed by atoms with Crippen LogP contribution >= 0.6 is 0 Å². The van der Waals surface area contributed by atoms with Gasteiger partial charge in [0.15, 0.2) is 5.78 Å². The van der Waals surface area contributed by atoms with E-state index in [0.29, 0.717) is 0 Å². The molecule has 0 amide bonds. The molecule has 0 aliphatic heterocycles. The van der Waals surface area contributed by atoms with Crippen LogP contribution in [0, 0.1) is 0 Å². The van der Waals surface area contributed by atoms with Crippen molar-refractivity contribution in [1.29, 1.82) is 0 Å². The number of carbonyl (C=O) groups is 1. The molecule has 2 aromatic rings. The molecule has 0 spiro atoms. The van der Waals surface area contributed by atoms with Crippen LogP contribution in [-0.2, 0) is 6.42 Å². The van der Waals surface area contributed by atoms with Crippen molar-refractivity contribution in [2.45, 2.75) is 44.9 Å². The molecule has 0 aliphatic carbocycles. The van der Waals surface area contributed by atoms with E-state index in [2.05, 4.69) is 24.0 Å². The summed E-state index contributed by atoms with van der Waals surface area (Å²) in [5.74, 6) is 0.0962. The van der Waals surface area contributed by atoms with Crippen molar-refractivity contribution in [2.24, 2.45) is 0 Å². The molecule has 0 radical (unpaired) electrons. The van der Waals surface area contributed by atoms with Gasteiger partial charge in [-0.15, -0.1) is 6.58 Å². The summed E-state index contributed by atoms with van der Waals surface area (Å²) < 4.78 is 0. The summed E-state index contributed by atoms with van der Waals surface area (Å²) in [7, 11) is 0. The summed E-state index contributed by atoms with van der Waals surface area (Å²) in [6, 6.07) is 17.6. The Morgan fingerprint density at radius 3 is 2.19 bits per heavy atom. The normalized spacial score (nSPS) is 10.6. The van der Waals surface area contributed by atoms with Crippen LogP contribution in [0.2, 0.25) is 0 Å². The number of carbonyl (C=O) groups excluding carboxylic acids is 1. The van der Waals surface area contributed by atoms with Crippen molar-refractivity contribution >= 4 is 5.78 Å². The predicted octanol–water partition coefficient (Wildman–Crippen LogP) is 5.58. The third-order valence-electron chi connectivity index (χ3n) is 4.60. The summed E-state index contributed by atoms with van der Waals surface area (Å²) in [4.78, 5) is 12.4. The van der Waals surface area contributed by atoms with Crippen LogP contribution in [-0.4, -0.2) is 18.9 Å². The summed E-state index contributed by atoms with van der Waals surface area (Å²) in [6.07, 6.45) is 10.4. The number of unbranched alkanes of at least 4 members (excludes halogenated alkanes) is 4. The average molecular weight is 350 g/mol. The maximum Gasteiger partial charge on any atom is 0.193 e. The quantitative estimate of drug-likeness (QED) is 0.291. The average Bonchev–Trinajstić information content (AvgIpc) is 2.70. The summed E-state index contributed by atoms with van der Waals surface area (Å²) in [6.45, 7) is 5.89. The second-order valence-corrected chi connectivity index (χ2v) is 6.74. The van der Waals surface area contributed by atoms with Gasteiger partial charge in [0.2, 0.25) is 0 Å². The molecule has 0 saturated heterocycles. The molecule has 0 aliphatic rings. The molecule has 0 aromatic heterocycles. The number of hydrogen-bond acceptors (Lipinski definition) is 2. The zero-order chi connectivity index (χ0) is 18.5. The summed E-state index contributed by atoms with van der Waals surface area (Å²) in [5.41, 5.74) is 2.84. The van der Waals surface area contributed by atoms with Crippen molar-refractivity contribution in [3.05, 3.63) is 83.9 Å². The number of benzene rings is 2. The van der Waals surface area contributed by atoms with Crippen LogP contribution in [0.3, 0.4) is 0 Å². The lowest BCUT2D eigenvalue weighted by atomic mass is 10.00. The van der Waals surface area contributed by atoms with Crippen LogP contribution < -0.4 is 5.32 Å². The lowest BCUT2D eigenvalue weighted by molar-refractivity contribution is 0.103. The van der Waals surface area contributed by atoms with Crippen LogP contribution in [0.1, 0.15) is 60.0 Å². The molecule has 2 rings (SSSR count). The SMILES string of the molecule is C=CCCNCCCCCCCc1ccc(C(=O)c2ccccc2)cc1. The number of hydrogen-bond donors (Lipinski definition) is 1. The van der Waals surface area contributed by atoms with Crippen molar-refractivity contribution in [2.75, 3.05) is 13.1 Å². The van der Waals surface area contributed by atoms with Crippen molar-refractivity contribution in [1.82, 2.24) is 5.32 Å². The molecule has 26 heavy (non-hydrogen) atoms. The van der Waals surface area contributed by atoms with Gasteiger partial charge in [0.25, 0.3) is 0 Å². The molecule has 0 fully saturated rings. The molecule has 2 heteroatoms. The highest BCUT2D eigenvalue weighted by atomic mass is 16.1. The maximum absolute atomic E-state index is 12.4. The van der Waals surface area contributed by atoms with Gasteiger partial charge in [-0.2, -0.15) is 0 Å². The van der Waals surface area contributed by atoms with E-state index in [4.69, 9.17) is 0 Å².